The molecule has 0 aromatic heterocycles. The fraction of sp³-hybridized carbons (Fsp3) is 0.514. The molecule has 1 aliphatic rings. The zero-order chi connectivity index (χ0) is 38.6. The second-order valence-corrected chi connectivity index (χ2v) is 12.6. The zero-order valence-corrected chi connectivity index (χ0v) is 30.3. The fourth-order valence-corrected chi connectivity index (χ4v) is 5.39. The Labute approximate surface area is 304 Å². The second-order valence-electron chi connectivity index (χ2n) is 12.6. The highest BCUT2D eigenvalue weighted by Gasteiger charge is 2.31. The predicted molar refractivity (Wildman–Crippen MR) is 195 cm³/mol. The van der Waals surface area contributed by atoms with Gasteiger partial charge in [0.15, 0.2) is 0 Å². The van der Waals surface area contributed by atoms with E-state index in [-0.39, 0.29) is 53.5 Å². The van der Waals surface area contributed by atoms with Gasteiger partial charge in [0.1, 0.15) is 23.6 Å². The Hall–Kier alpha value is -5.18. The molecule has 2 aromatic carbocycles. The molecule has 1 heterocycles. The maximum Gasteiger partial charge on any atom is 0.326 e. The highest BCUT2D eigenvalue weighted by atomic mass is 16.4. The predicted octanol–water partition coefficient (Wildman–Crippen LogP) is 2.23. The maximum atomic E-state index is 13.5. The first-order valence-corrected chi connectivity index (χ1v) is 17.8. The van der Waals surface area contributed by atoms with Gasteiger partial charge in [0.05, 0.1) is 13.1 Å². The molecule has 2 aromatic rings. The third-order valence-corrected chi connectivity index (χ3v) is 8.39. The van der Waals surface area contributed by atoms with Gasteiger partial charge >= 0.3 is 5.97 Å². The number of rotatable bonds is 15. The molecule has 0 saturated heterocycles. The number of phenols is 2. The lowest BCUT2D eigenvalue weighted by atomic mass is 9.94. The molecule has 2 atom stereocenters. The molecule has 15 heteroatoms. The monoisotopic (exact) mass is 726 g/mol. The molecule has 2 unspecified atom stereocenters. The molecule has 0 fully saturated rings. The van der Waals surface area contributed by atoms with Crippen LogP contribution in [-0.2, 0) is 35.2 Å². The van der Waals surface area contributed by atoms with Gasteiger partial charge in [-0.1, -0.05) is 58.1 Å². The molecule has 286 valence electrons. The van der Waals surface area contributed by atoms with Crippen molar-refractivity contribution in [1.29, 1.82) is 0 Å². The van der Waals surface area contributed by atoms with E-state index in [4.69, 9.17) is 5.73 Å². The number of amides is 5. The number of hydrogen-bond donors (Lipinski definition) is 8. The van der Waals surface area contributed by atoms with E-state index in [0.717, 1.165) is 43.5 Å². The number of aromatic hydroxyl groups is 2. The smallest absolute Gasteiger partial charge is 0.326 e. The lowest BCUT2D eigenvalue weighted by molar-refractivity contribution is -0.142. The number of fused-ring (bicyclic) bond motifs is 5. The van der Waals surface area contributed by atoms with Crippen molar-refractivity contribution in [2.75, 3.05) is 33.2 Å². The summed E-state index contributed by atoms with van der Waals surface area (Å²) in [5.74, 6) is -4.67. The van der Waals surface area contributed by atoms with Crippen molar-refractivity contribution in [3.05, 3.63) is 47.5 Å². The van der Waals surface area contributed by atoms with Crippen LogP contribution >= 0.6 is 0 Å². The average Bonchev–Trinajstić information content (AvgIpc) is 3.11. The third-order valence-electron chi connectivity index (χ3n) is 8.39. The molecule has 0 spiro atoms. The van der Waals surface area contributed by atoms with Crippen LogP contribution in [0.15, 0.2) is 36.4 Å². The SMILES string of the molecule is CCCCCCCC(=O)NCCC(=O)NCC(=O)N(C)C1C(=O)NCC(=O)NC(C(=O)O)Cc2ccc(O)c(c2)-c2cc1ccc2O.CCCCN. The van der Waals surface area contributed by atoms with Crippen LogP contribution in [0.25, 0.3) is 11.1 Å². The quantitative estimate of drug-likeness (QED) is 0.125. The van der Waals surface area contributed by atoms with Crippen molar-refractivity contribution in [2.45, 2.75) is 90.1 Å². The second kappa shape index (κ2) is 22.6. The molecule has 1 aliphatic heterocycles. The Kier molecular flexibility index (Phi) is 18.7. The first-order valence-electron chi connectivity index (χ1n) is 17.8. The lowest BCUT2D eigenvalue weighted by Gasteiger charge is -2.28. The Bertz CT molecular complexity index is 1530. The van der Waals surface area contributed by atoms with Gasteiger partial charge in [-0.25, -0.2) is 4.79 Å². The Balaban J connectivity index is 0.00000175. The minimum atomic E-state index is -1.35. The zero-order valence-electron chi connectivity index (χ0n) is 30.3. The van der Waals surface area contributed by atoms with Gasteiger partial charge in [-0.05, 0) is 54.8 Å². The summed E-state index contributed by atoms with van der Waals surface area (Å²) in [6.07, 6.45) is 7.63. The molecule has 5 amide bonds. The summed E-state index contributed by atoms with van der Waals surface area (Å²) in [5, 5.41) is 40.9. The van der Waals surface area contributed by atoms with Crippen LogP contribution in [-0.4, -0.2) is 95.0 Å². The number of nitrogens with zero attached hydrogens (tertiary/aromatic N) is 1. The molecule has 9 N–H and O–H groups in total. The highest BCUT2D eigenvalue weighted by Crippen LogP contribution is 2.38. The first kappa shape index (κ1) is 43.0. The largest absolute Gasteiger partial charge is 0.507 e. The van der Waals surface area contributed by atoms with Gasteiger partial charge < -0.3 is 47.2 Å². The fourth-order valence-electron chi connectivity index (χ4n) is 5.39. The van der Waals surface area contributed by atoms with Gasteiger partial charge in [-0.15, -0.1) is 0 Å². The van der Waals surface area contributed by atoms with Crippen LogP contribution in [0.1, 0.15) is 88.8 Å². The van der Waals surface area contributed by atoms with E-state index in [9.17, 15) is 44.1 Å². The summed E-state index contributed by atoms with van der Waals surface area (Å²) in [4.78, 5) is 76.6. The number of likely N-dealkylation sites (N-methyl/N-ethyl adjacent to an activating group) is 1. The van der Waals surface area contributed by atoms with Gasteiger partial charge in [0.25, 0.3) is 0 Å². The number of phenolic OH excluding ortho intramolecular Hbond substituents is 2. The molecule has 3 rings (SSSR count). The van der Waals surface area contributed by atoms with Gasteiger partial charge in [0, 0.05) is 44.0 Å². The molecule has 15 nitrogen and oxygen atoms in total. The minimum absolute atomic E-state index is 0.0567. The highest BCUT2D eigenvalue weighted by molar-refractivity contribution is 5.94. The maximum absolute atomic E-state index is 13.5. The van der Waals surface area contributed by atoms with E-state index in [2.05, 4.69) is 35.1 Å². The number of carbonyl (C=O) groups is 6. The first-order chi connectivity index (χ1) is 24.8. The van der Waals surface area contributed by atoms with Crippen molar-refractivity contribution in [1.82, 2.24) is 26.2 Å². The number of unbranched alkanes of at least 4 members (excludes halogenated alkanes) is 5. The number of hydrogen-bond acceptors (Lipinski definition) is 9. The normalized spacial score (nSPS) is 15.5. The summed E-state index contributed by atoms with van der Waals surface area (Å²) in [7, 11) is 1.33. The van der Waals surface area contributed by atoms with E-state index in [1.165, 1.54) is 56.3 Å². The number of benzene rings is 2. The average molecular weight is 727 g/mol. The van der Waals surface area contributed by atoms with E-state index in [1.54, 1.807) is 0 Å². The third kappa shape index (κ3) is 14.2. The van der Waals surface area contributed by atoms with Crippen molar-refractivity contribution in [2.24, 2.45) is 5.73 Å². The van der Waals surface area contributed by atoms with E-state index >= 15 is 0 Å². The van der Waals surface area contributed by atoms with Crippen LogP contribution in [0.4, 0.5) is 0 Å². The number of carboxylic acids is 1. The van der Waals surface area contributed by atoms with Crippen molar-refractivity contribution in [3.63, 3.8) is 0 Å². The summed E-state index contributed by atoms with van der Waals surface area (Å²) in [6, 6.07) is 5.68. The van der Waals surface area contributed by atoms with E-state index in [0.29, 0.717) is 12.0 Å². The number of carbonyl (C=O) groups excluding carboxylic acids is 5. The van der Waals surface area contributed by atoms with Gasteiger partial charge in [0.2, 0.25) is 29.5 Å². The Morgan fingerprint density at radius 2 is 1.50 bits per heavy atom. The van der Waals surface area contributed by atoms with Crippen LogP contribution in [0, 0.1) is 0 Å². The number of carboxylic acid groups (broad SMARTS) is 1. The molecule has 0 saturated carbocycles. The summed E-state index contributed by atoms with van der Waals surface area (Å²) >= 11 is 0. The summed E-state index contributed by atoms with van der Waals surface area (Å²) in [5.41, 5.74) is 6.06. The molecule has 52 heavy (non-hydrogen) atoms. The molecule has 0 aliphatic carbocycles. The molecular weight excluding hydrogens is 672 g/mol. The van der Waals surface area contributed by atoms with Gasteiger partial charge in [-0.2, -0.15) is 0 Å². The summed E-state index contributed by atoms with van der Waals surface area (Å²) in [6.45, 7) is 4.13. The minimum Gasteiger partial charge on any atom is -0.507 e. The van der Waals surface area contributed by atoms with Crippen LogP contribution in [0.3, 0.4) is 0 Å². The van der Waals surface area contributed by atoms with Crippen molar-refractivity contribution < 1.29 is 44.1 Å². The van der Waals surface area contributed by atoms with Gasteiger partial charge in [-0.3, -0.25) is 24.0 Å². The molecule has 4 bridgehead atoms. The van der Waals surface area contributed by atoms with Crippen molar-refractivity contribution in [3.8, 4) is 22.6 Å². The van der Waals surface area contributed by atoms with Crippen LogP contribution in [0.5, 0.6) is 11.5 Å². The van der Waals surface area contributed by atoms with E-state index < -0.39 is 54.8 Å². The number of nitrogens with two attached hydrogens (primary N) is 1. The van der Waals surface area contributed by atoms with E-state index in [1.807, 2.05) is 0 Å². The Morgan fingerprint density at radius 3 is 2.13 bits per heavy atom. The summed E-state index contributed by atoms with van der Waals surface area (Å²) < 4.78 is 0. The van der Waals surface area contributed by atoms with Crippen LogP contribution in [0.2, 0.25) is 0 Å². The van der Waals surface area contributed by atoms with Crippen molar-refractivity contribution >= 4 is 35.5 Å². The molecule has 0 radical (unpaired) electrons. The number of nitrogens with one attached hydrogen (secondary N) is 4. The number of aliphatic carboxylic acids is 1. The van der Waals surface area contributed by atoms with Crippen LogP contribution < -0.4 is 27.0 Å². The molecular formula is C37H54N6O9. The lowest BCUT2D eigenvalue weighted by Crippen LogP contribution is -2.49. The topological polar surface area (TPSA) is 240 Å². The Morgan fingerprint density at radius 1 is 0.865 bits per heavy atom. The standard InChI is InChI=1S/C33H43N5O9.C4H11N/c1-3-4-5-6-7-8-27(41)34-14-13-28(42)35-19-30(44)38(2)31-21-10-12-26(40)23(17-21)22-15-20(9-11-25(22)39)16-24(33(46)47)37-29(43)18-36-32(31)45;1-2-3-4-5/h9-12,15,17,24,31,39-40H,3-8,13-14,16,18-19H2,1-2H3,(H,34,41)(H,35,42)(H,36,45)(H,37,43)(H,46,47);2-5H2,1H3.